The zero-order chi connectivity index (χ0) is 16.1. The lowest BCUT2D eigenvalue weighted by Gasteiger charge is -2.09. The van der Waals surface area contributed by atoms with Crippen LogP contribution in [0.4, 0.5) is 5.82 Å². The van der Waals surface area contributed by atoms with Gasteiger partial charge >= 0.3 is 0 Å². The minimum absolute atomic E-state index is 0.141. The zero-order valence-electron chi connectivity index (χ0n) is 12.2. The highest BCUT2D eigenvalue weighted by Crippen LogP contribution is 2.20. The first-order valence-electron chi connectivity index (χ1n) is 7.00. The number of nitrogens with zero attached hydrogens (tertiary/aromatic N) is 3. The number of hydrogen-bond acceptors (Lipinski definition) is 7. The second kappa shape index (κ2) is 6.66. The van der Waals surface area contributed by atoms with E-state index in [0.717, 1.165) is 12.0 Å². The molecule has 1 aliphatic rings. The van der Waals surface area contributed by atoms with Crippen LogP contribution < -0.4 is 5.32 Å². The van der Waals surface area contributed by atoms with E-state index >= 15 is 0 Å². The molecule has 1 aromatic carbocycles. The fourth-order valence-electron chi connectivity index (χ4n) is 2.06. The number of rotatable bonds is 5. The summed E-state index contributed by atoms with van der Waals surface area (Å²) in [6.07, 6.45) is 3.63. The lowest BCUT2D eigenvalue weighted by molar-refractivity contribution is 0.0999. The van der Waals surface area contributed by atoms with Crippen LogP contribution in [0.25, 0.3) is 5.76 Å². The highest BCUT2D eigenvalue weighted by molar-refractivity contribution is 5.58. The summed E-state index contributed by atoms with van der Waals surface area (Å²) in [6, 6.07) is 9.04. The van der Waals surface area contributed by atoms with Crippen LogP contribution >= 0.6 is 0 Å². The van der Waals surface area contributed by atoms with Gasteiger partial charge in [0, 0.05) is 6.54 Å². The summed E-state index contributed by atoms with van der Waals surface area (Å²) in [7, 11) is 0. The Morgan fingerprint density at radius 3 is 2.83 bits per heavy atom. The lowest BCUT2D eigenvalue weighted by atomic mass is 10.1. The number of nitrogens with one attached hydrogen (secondary N) is 1. The van der Waals surface area contributed by atoms with Crippen LogP contribution in [0.3, 0.4) is 0 Å². The number of hydrogen-bond donors (Lipinski definition) is 2. The molecule has 0 bridgehead atoms. The molecule has 7 nitrogen and oxygen atoms in total. The van der Waals surface area contributed by atoms with Gasteiger partial charge in [-0.1, -0.05) is 12.1 Å². The van der Waals surface area contributed by atoms with Gasteiger partial charge in [-0.25, -0.2) is 9.97 Å². The molecule has 7 heteroatoms. The molecule has 0 saturated heterocycles. The number of ether oxygens (including phenoxy) is 2. The molecule has 2 N–H and O–H groups in total. The number of benzene rings is 1. The Morgan fingerprint density at radius 1 is 1.30 bits per heavy atom. The molecular formula is C16H14N4O3. The maximum absolute atomic E-state index is 9.27. The molecule has 0 radical (unpaired) electrons. The van der Waals surface area contributed by atoms with E-state index < -0.39 is 0 Å². The first-order valence-corrected chi connectivity index (χ1v) is 7.00. The van der Waals surface area contributed by atoms with Gasteiger partial charge in [-0.2, -0.15) is 5.26 Å². The predicted molar refractivity (Wildman–Crippen MR) is 82.1 cm³/mol. The molecule has 0 unspecified atom stereocenters. The average molecular weight is 310 g/mol. The molecule has 0 amide bonds. The molecule has 0 fully saturated rings. The number of aromatic hydroxyl groups is 1. The van der Waals surface area contributed by atoms with E-state index in [4.69, 9.17) is 14.7 Å². The van der Waals surface area contributed by atoms with Crippen LogP contribution in [-0.4, -0.2) is 28.4 Å². The maximum atomic E-state index is 9.27. The lowest BCUT2D eigenvalue weighted by Crippen LogP contribution is -2.10. The van der Waals surface area contributed by atoms with Gasteiger partial charge in [-0.05, 0) is 24.1 Å². The largest absolute Gasteiger partial charge is 0.508 e. The summed E-state index contributed by atoms with van der Waals surface area (Å²) in [4.78, 5) is 8.41. The van der Waals surface area contributed by atoms with E-state index in [1.807, 2.05) is 12.1 Å². The Bertz CT molecular complexity index is 766. The third kappa shape index (κ3) is 3.49. The van der Waals surface area contributed by atoms with Crippen LogP contribution in [-0.2, 0) is 15.9 Å². The maximum Gasteiger partial charge on any atom is 0.230 e. The van der Waals surface area contributed by atoms with E-state index in [-0.39, 0.29) is 12.5 Å². The fraction of sp³-hybridized carbons (Fsp3) is 0.188. The summed E-state index contributed by atoms with van der Waals surface area (Å²) >= 11 is 0. The molecular weight excluding hydrogens is 296 g/mol. The fourth-order valence-corrected chi connectivity index (χ4v) is 2.06. The van der Waals surface area contributed by atoms with E-state index in [9.17, 15) is 5.11 Å². The van der Waals surface area contributed by atoms with Gasteiger partial charge in [0.1, 0.15) is 29.5 Å². The van der Waals surface area contributed by atoms with Crippen LogP contribution in [0.1, 0.15) is 17.0 Å². The van der Waals surface area contributed by atoms with Crippen LogP contribution in [0, 0.1) is 11.3 Å². The minimum atomic E-state index is 0.141. The molecule has 0 atom stereocenters. The number of aromatic nitrogens is 2. The SMILES string of the molecule is N#Cc1cnc(C2=COCO2)nc1NCCc1ccc(O)cc1. The van der Waals surface area contributed by atoms with E-state index in [2.05, 4.69) is 21.4 Å². The Morgan fingerprint density at radius 2 is 2.13 bits per heavy atom. The van der Waals surface area contributed by atoms with E-state index in [0.29, 0.717) is 29.5 Å². The molecule has 0 spiro atoms. The van der Waals surface area contributed by atoms with Gasteiger partial charge in [0.05, 0.1) is 6.20 Å². The van der Waals surface area contributed by atoms with E-state index in [1.165, 1.54) is 12.5 Å². The molecule has 1 aliphatic heterocycles. The molecule has 2 heterocycles. The molecule has 116 valence electrons. The third-order valence-corrected chi connectivity index (χ3v) is 3.24. The summed E-state index contributed by atoms with van der Waals surface area (Å²) in [5.74, 6) is 1.50. The van der Waals surface area contributed by atoms with Crippen molar-refractivity contribution in [2.24, 2.45) is 0 Å². The van der Waals surface area contributed by atoms with Crippen molar-refractivity contribution in [3.63, 3.8) is 0 Å². The van der Waals surface area contributed by atoms with Gasteiger partial charge in [0.2, 0.25) is 12.6 Å². The summed E-state index contributed by atoms with van der Waals surface area (Å²) in [5, 5.41) is 21.6. The van der Waals surface area contributed by atoms with Crippen LogP contribution in [0.2, 0.25) is 0 Å². The third-order valence-electron chi connectivity index (χ3n) is 3.24. The molecule has 1 aromatic heterocycles. The second-order valence-corrected chi connectivity index (χ2v) is 4.82. The van der Waals surface area contributed by atoms with Crippen molar-refractivity contribution in [2.45, 2.75) is 6.42 Å². The Balaban J connectivity index is 1.69. The quantitative estimate of drug-likeness (QED) is 0.871. The standard InChI is InChI=1S/C16H14N4O3/c17-7-12-8-19-16(14-9-22-10-23-14)20-15(12)18-6-5-11-1-3-13(21)4-2-11/h1-4,8-9,21H,5-6,10H2,(H,18,19,20). The van der Waals surface area contributed by atoms with Crippen molar-refractivity contribution in [3.05, 3.63) is 53.7 Å². The zero-order valence-corrected chi connectivity index (χ0v) is 12.2. The topological polar surface area (TPSA) is 100 Å². The number of phenols is 1. The predicted octanol–water partition coefficient (Wildman–Crippen LogP) is 2.01. The number of nitriles is 1. The van der Waals surface area contributed by atoms with Crippen molar-refractivity contribution in [1.29, 1.82) is 5.26 Å². The molecule has 0 aliphatic carbocycles. The molecule has 23 heavy (non-hydrogen) atoms. The molecule has 0 saturated carbocycles. The second-order valence-electron chi connectivity index (χ2n) is 4.82. The van der Waals surface area contributed by atoms with Crippen LogP contribution in [0.5, 0.6) is 5.75 Å². The summed E-state index contributed by atoms with van der Waals surface area (Å²) in [5.41, 5.74) is 1.43. The first kappa shape index (κ1) is 14.7. The smallest absolute Gasteiger partial charge is 0.230 e. The number of phenolic OH excluding ortho intramolecular Hbond substituents is 1. The first-order chi connectivity index (χ1) is 11.3. The Kier molecular flexibility index (Phi) is 4.25. The highest BCUT2D eigenvalue weighted by Gasteiger charge is 2.15. The normalized spacial score (nSPS) is 12.7. The molecule has 2 aromatic rings. The minimum Gasteiger partial charge on any atom is -0.508 e. The number of anilines is 1. The summed E-state index contributed by atoms with van der Waals surface area (Å²) < 4.78 is 10.2. The van der Waals surface area contributed by atoms with Gasteiger partial charge in [0.25, 0.3) is 0 Å². The Hall–Kier alpha value is -3.27. The van der Waals surface area contributed by atoms with Gasteiger partial charge in [-0.3, -0.25) is 0 Å². The van der Waals surface area contributed by atoms with Crippen LogP contribution in [0.15, 0.2) is 36.7 Å². The van der Waals surface area contributed by atoms with Crippen molar-refractivity contribution < 1.29 is 14.6 Å². The van der Waals surface area contributed by atoms with Gasteiger partial charge < -0.3 is 19.9 Å². The van der Waals surface area contributed by atoms with E-state index in [1.54, 1.807) is 12.1 Å². The van der Waals surface area contributed by atoms with Crippen molar-refractivity contribution in [3.8, 4) is 11.8 Å². The Labute approximate surface area is 132 Å². The van der Waals surface area contributed by atoms with Gasteiger partial charge in [0.15, 0.2) is 5.82 Å². The summed E-state index contributed by atoms with van der Waals surface area (Å²) in [6.45, 7) is 0.731. The average Bonchev–Trinajstić information content (AvgIpc) is 3.11. The van der Waals surface area contributed by atoms with Gasteiger partial charge in [-0.15, -0.1) is 0 Å². The van der Waals surface area contributed by atoms with Crippen molar-refractivity contribution in [2.75, 3.05) is 18.7 Å². The van der Waals surface area contributed by atoms with Crippen molar-refractivity contribution >= 4 is 11.6 Å². The highest BCUT2D eigenvalue weighted by atomic mass is 16.7. The molecule has 3 rings (SSSR count). The van der Waals surface area contributed by atoms with Crippen molar-refractivity contribution in [1.82, 2.24) is 9.97 Å². The monoisotopic (exact) mass is 310 g/mol.